The van der Waals surface area contributed by atoms with Crippen LogP contribution in [0.4, 0.5) is 0 Å². The Morgan fingerprint density at radius 2 is 1.79 bits per heavy atom. The Labute approximate surface area is 167 Å². The molecule has 0 saturated heterocycles. The van der Waals surface area contributed by atoms with E-state index in [9.17, 15) is 14.4 Å². The van der Waals surface area contributed by atoms with E-state index in [1.165, 1.54) is 25.7 Å². The maximum atomic E-state index is 12.5. The van der Waals surface area contributed by atoms with Crippen molar-refractivity contribution < 1.29 is 23.9 Å². The monoisotopic (exact) mass is 388 g/mol. The van der Waals surface area contributed by atoms with Crippen LogP contribution in [0.25, 0.3) is 0 Å². The molecule has 0 bridgehead atoms. The molecule has 0 aliphatic heterocycles. The van der Waals surface area contributed by atoms with Crippen molar-refractivity contribution in [1.82, 2.24) is 0 Å². The smallest absolute Gasteiger partial charge is 0.302 e. The molecule has 5 heteroatoms. The van der Waals surface area contributed by atoms with Crippen LogP contribution in [0.1, 0.15) is 72.1 Å². The molecule has 0 aromatic carbocycles. The van der Waals surface area contributed by atoms with Crippen LogP contribution in [0.3, 0.4) is 0 Å². The molecule has 0 N–H and O–H groups in total. The van der Waals surface area contributed by atoms with Crippen molar-refractivity contribution in [3.63, 3.8) is 0 Å². The van der Waals surface area contributed by atoms with E-state index in [1.807, 2.05) is 0 Å². The van der Waals surface area contributed by atoms with Gasteiger partial charge in [-0.1, -0.05) is 18.6 Å². The van der Waals surface area contributed by atoms with E-state index in [2.05, 4.69) is 13.0 Å². The third kappa shape index (κ3) is 2.93. The van der Waals surface area contributed by atoms with Crippen molar-refractivity contribution in [1.29, 1.82) is 0 Å². The maximum Gasteiger partial charge on any atom is 0.302 e. The van der Waals surface area contributed by atoms with E-state index in [0.29, 0.717) is 24.2 Å². The fourth-order valence-electron chi connectivity index (χ4n) is 7.23. The minimum atomic E-state index is -0.388. The van der Waals surface area contributed by atoms with E-state index in [0.717, 1.165) is 44.9 Å². The molecule has 5 nitrogen and oxygen atoms in total. The zero-order valence-electron chi connectivity index (χ0n) is 17.2. The summed E-state index contributed by atoms with van der Waals surface area (Å²) in [6.07, 6.45) is 10.6. The van der Waals surface area contributed by atoms with Crippen LogP contribution < -0.4 is 0 Å². The molecule has 7 atom stereocenters. The number of aldehydes is 1. The van der Waals surface area contributed by atoms with Crippen LogP contribution in [0.2, 0.25) is 0 Å². The predicted octanol–water partition coefficient (Wildman–Crippen LogP) is 3.99. The van der Waals surface area contributed by atoms with Crippen molar-refractivity contribution in [3.8, 4) is 0 Å². The van der Waals surface area contributed by atoms with Gasteiger partial charge in [-0.15, -0.1) is 0 Å². The van der Waals surface area contributed by atoms with Gasteiger partial charge in [0.2, 0.25) is 0 Å². The van der Waals surface area contributed by atoms with Gasteiger partial charge in [0.25, 0.3) is 0 Å². The summed E-state index contributed by atoms with van der Waals surface area (Å²) < 4.78 is 11.2. The fourth-order valence-corrected chi connectivity index (χ4v) is 7.23. The minimum Gasteiger partial charge on any atom is -0.462 e. The summed E-state index contributed by atoms with van der Waals surface area (Å²) in [4.78, 5) is 35.4. The van der Waals surface area contributed by atoms with E-state index < -0.39 is 0 Å². The van der Waals surface area contributed by atoms with Gasteiger partial charge in [0, 0.05) is 25.7 Å². The second-order valence-corrected chi connectivity index (χ2v) is 9.69. The molecule has 28 heavy (non-hydrogen) atoms. The van der Waals surface area contributed by atoms with E-state index in [4.69, 9.17) is 9.47 Å². The Morgan fingerprint density at radius 3 is 2.46 bits per heavy atom. The molecule has 4 aliphatic carbocycles. The molecule has 0 aromatic rings. The van der Waals surface area contributed by atoms with Crippen LogP contribution in [0, 0.1) is 28.6 Å². The molecule has 0 spiro atoms. The Morgan fingerprint density at radius 1 is 1.04 bits per heavy atom. The van der Waals surface area contributed by atoms with Crippen LogP contribution >= 0.6 is 0 Å². The zero-order valence-corrected chi connectivity index (χ0v) is 17.2. The summed E-state index contributed by atoms with van der Waals surface area (Å²) in [6, 6.07) is 0. The Bertz CT molecular complexity index is 712. The van der Waals surface area contributed by atoms with E-state index in [-0.39, 0.29) is 35.0 Å². The predicted molar refractivity (Wildman–Crippen MR) is 103 cm³/mol. The maximum absolute atomic E-state index is 12.5. The van der Waals surface area contributed by atoms with E-state index >= 15 is 0 Å². The lowest BCUT2D eigenvalue weighted by Crippen LogP contribution is -2.53. The van der Waals surface area contributed by atoms with Gasteiger partial charge in [-0.3, -0.25) is 9.59 Å². The number of fused-ring (bicyclic) bond motifs is 5. The molecule has 3 unspecified atom stereocenters. The molecule has 4 rings (SSSR count). The highest BCUT2D eigenvalue weighted by molar-refractivity contribution is 5.69. The summed E-state index contributed by atoms with van der Waals surface area (Å²) in [7, 11) is 0. The van der Waals surface area contributed by atoms with Crippen molar-refractivity contribution in [2.75, 3.05) is 0 Å². The van der Waals surface area contributed by atoms with Crippen molar-refractivity contribution in [3.05, 3.63) is 11.6 Å². The second-order valence-electron chi connectivity index (χ2n) is 9.69. The number of carbonyl (C=O) groups is 3. The first-order chi connectivity index (χ1) is 13.3. The van der Waals surface area contributed by atoms with Gasteiger partial charge in [0.05, 0.1) is 5.41 Å². The van der Waals surface area contributed by atoms with Gasteiger partial charge < -0.3 is 14.3 Å². The molecular formula is C23H32O5. The van der Waals surface area contributed by atoms with Gasteiger partial charge in [0.1, 0.15) is 18.5 Å². The number of carbonyl (C=O) groups excluding carboxylic acids is 3. The normalized spacial score (nSPS) is 44.4. The number of hydrogen-bond acceptors (Lipinski definition) is 5. The Balaban J connectivity index is 1.60. The summed E-state index contributed by atoms with van der Waals surface area (Å²) in [5.41, 5.74) is 0.830. The lowest BCUT2D eigenvalue weighted by Gasteiger charge is -2.56. The first kappa shape index (κ1) is 19.7. The average Bonchev–Trinajstić information content (AvgIpc) is 2.97. The number of esters is 2. The summed E-state index contributed by atoms with van der Waals surface area (Å²) in [5.74, 6) is 0.897. The van der Waals surface area contributed by atoms with E-state index in [1.54, 1.807) is 0 Å². The standard InChI is InChI=1S/C23H32O5/c1-14(25)27-17-8-11-23(13-24)16(12-17)4-5-18-19-6-7-21(28-15(2)26)22(19,3)10-9-20(18)23/h4,13,17-21H,5-12H2,1-3H3/t17-,18?,19?,20?,21-,22-,23+/m0/s1. The fraction of sp³-hybridized carbons (Fsp3) is 0.783. The lowest BCUT2D eigenvalue weighted by molar-refractivity contribution is -0.157. The second kappa shape index (κ2) is 7.00. The summed E-state index contributed by atoms with van der Waals surface area (Å²) in [5, 5.41) is 0. The van der Waals surface area contributed by atoms with Gasteiger partial charge >= 0.3 is 11.9 Å². The van der Waals surface area contributed by atoms with Crippen molar-refractivity contribution in [2.45, 2.75) is 84.3 Å². The highest BCUT2D eigenvalue weighted by Gasteiger charge is 2.61. The topological polar surface area (TPSA) is 69.7 Å². The SMILES string of the molecule is CC(=O)O[C@H]1CC[C@@]2(C=O)C(=CCC3C2CC[C@@]2(C)C3CC[C@@H]2OC(C)=O)C1. The Kier molecular flexibility index (Phi) is 4.91. The molecule has 154 valence electrons. The third-order valence-electron chi connectivity index (χ3n) is 8.42. The minimum absolute atomic E-state index is 0.00760. The zero-order chi connectivity index (χ0) is 20.1. The van der Waals surface area contributed by atoms with Crippen LogP contribution in [0.15, 0.2) is 11.6 Å². The summed E-state index contributed by atoms with van der Waals surface area (Å²) in [6.45, 7) is 5.24. The largest absolute Gasteiger partial charge is 0.462 e. The Hall–Kier alpha value is -1.65. The first-order valence-electron chi connectivity index (χ1n) is 10.8. The van der Waals surface area contributed by atoms with Crippen LogP contribution in [0.5, 0.6) is 0 Å². The molecule has 0 heterocycles. The highest BCUT2D eigenvalue weighted by Crippen LogP contribution is 2.64. The van der Waals surface area contributed by atoms with Crippen LogP contribution in [-0.2, 0) is 23.9 Å². The van der Waals surface area contributed by atoms with Crippen molar-refractivity contribution in [2.24, 2.45) is 28.6 Å². The molecule has 0 aromatic heterocycles. The number of ether oxygens (including phenoxy) is 2. The third-order valence-corrected chi connectivity index (χ3v) is 8.42. The highest BCUT2D eigenvalue weighted by atomic mass is 16.5. The number of allylic oxidation sites excluding steroid dienone is 1. The lowest BCUT2D eigenvalue weighted by atomic mass is 9.47. The van der Waals surface area contributed by atoms with Crippen molar-refractivity contribution >= 4 is 18.2 Å². The van der Waals surface area contributed by atoms with Crippen LogP contribution in [-0.4, -0.2) is 30.4 Å². The number of hydrogen-bond donors (Lipinski definition) is 0. The quantitative estimate of drug-likeness (QED) is 0.415. The molecule has 0 radical (unpaired) electrons. The number of rotatable bonds is 3. The van der Waals surface area contributed by atoms with Gasteiger partial charge in [-0.05, 0) is 62.7 Å². The molecule has 3 saturated carbocycles. The first-order valence-corrected chi connectivity index (χ1v) is 10.8. The van der Waals surface area contributed by atoms with Gasteiger partial charge in [-0.25, -0.2) is 0 Å². The van der Waals surface area contributed by atoms with Gasteiger partial charge in [0.15, 0.2) is 0 Å². The molecule has 4 aliphatic rings. The molecular weight excluding hydrogens is 356 g/mol. The molecule has 0 amide bonds. The van der Waals surface area contributed by atoms with Gasteiger partial charge in [-0.2, -0.15) is 0 Å². The average molecular weight is 389 g/mol. The summed E-state index contributed by atoms with van der Waals surface area (Å²) >= 11 is 0. The molecule has 3 fully saturated rings.